The average Bonchev–Trinajstić information content (AvgIpc) is 2.38. The van der Waals surface area contributed by atoms with Crippen LogP contribution in [0.4, 0.5) is 24.5 Å². The third-order valence-electron chi connectivity index (χ3n) is 2.88. The van der Waals surface area contributed by atoms with E-state index in [1.807, 2.05) is 43.1 Å². The second kappa shape index (κ2) is 5.45. The van der Waals surface area contributed by atoms with Crippen molar-refractivity contribution in [3.8, 4) is 5.75 Å². The quantitative estimate of drug-likeness (QED) is 0.811. The Morgan fingerprint density at radius 1 is 0.850 bits per heavy atom. The van der Waals surface area contributed by atoms with Crippen LogP contribution >= 0.6 is 0 Å². The number of rotatable bonds is 3. The molecule has 0 radical (unpaired) electrons. The fourth-order valence-corrected chi connectivity index (χ4v) is 1.79. The van der Waals surface area contributed by atoms with Crippen LogP contribution in [0.2, 0.25) is 0 Å². The highest BCUT2D eigenvalue weighted by molar-refractivity contribution is 5.63. The Hall–Kier alpha value is -2.17. The van der Waals surface area contributed by atoms with Crippen LogP contribution in [0.25, 0.3) is 0 Å². The second-order valence-electron chi connectivity index (χ2n) is 4.44. The SMILES string of the molecule is Cc1ccc(N(C)c2ccc(OC(F)(F)F)cc2)cc1. The minimum absolute atomic E-state index is 0.224. The van der Waals surface area contributed by atoms with Crippen LogP contribution < -0.4 is 9.64 Å². The molecule has 106 valence electrons. The van der Waals surface area contributed by atoms with Gasteiger partial charge < -0.3 is 9.64 Å². The average molecular weight is 281 g/mol. The van der Waals surface area contributed by atoms with Gasteiger partial charge in [0.05, 0.1) is 0 Å². The number of halogens is 3. The van der Waals surface area contributed by atoms with Gasteiger partial charge in [-0.05, 0) is 43.3 Å². The summed E-state index contributed by atoms with van der Waals surface area (Å²) >= 11 is 0. The summed E-state index contributed by atoms with van der Waals surface area (Å²) in [5, 5.41) is 0. The minimum atomic E-state index is -4.66. The van der Waals surface area contributed by atoms with Gasteiger partial charge in [0.2, 0.25) is 0 Å². The zero-order valence-corrected chi connectivity index (χ0v) is 11.1. The molecule has 0 N–H and O–H groups in total. The molecule has 0 aliphatic rings. The maximum atomic E-state index is 12.1. The van der Waals surface area contributed by atoms with Crippen molar-refractivity contribution in [2.24, 2.45) is 0 Å². The zero-order valence-electron chi connectivity index (χ0n) is 11.1. The second-order valence-corrected chi connectivity index (χ2v) is 4.44. The van der Waals surface area contributed by atoms with Gasteiger partial charge in [-0.15, -0.1) is 13.2 Å². The van der Waals surface area contributed by atoms with Crippen LogP contribution in [0.1, 0.15) is 5.56 Å². The van der Waals surface area contributed by atoms with E-state index in [9.17, 15) is 13.2 Å². The highest BCUT2D eigenvalue weighted by atomic mass is 19.4. The number of aryl methyl sites for hydroxylation is 1. The van der Waals surface area contributed by atoms with Crippen molar-refractivity contribution < 1.29 is 17.9 Å². The number of hydrogen-bond donors (Lipinski definition) is 0. The molecule has 5 heteroatoms. The summed E-state index contributed by atoms with van der Waals surface area (Å²) in [6, 6.07) is 13.6. The molecule has 0 amide bonds. The standard InChI is InChI=1S/C15H14F3NO/c1-11-3-5-12(6-4-11)19(2)13-7-9-14(10-8-13)20-15(16,17)18/h3-10H,1-2H3. The lowest BCUT2D eigenvalue weighted by molar-refractivity contribution is -0.274. The molecule has 2 rings (SSSR count). The van der Waals surface area contributed by atoms with E-state index in [1.54, 1.807) is 12.1 Å². The lowest BCUT2D eigenvalue weighted by atomic mass is 10.2. The topological polar surface area (TPSA) is 12.5 Å². The Labute approximate surface area is 115 Å². The molecule has 20 heavy (non-hydrogen) atoms. The summed E-state index contributed by atoms with van der Waals surface area (Å²) in [7, 11) is 1.85. The van der Waals surface area contributed by atoms with Gasteiger partial charge in [0.1, 0.15) is 5.75 Å². The van der Waals surface area contributed by atoms with Gasteiger partial charge in [-0.1, -0.05) is 17.7 Å². The highest BCUT2D eigenvalue weighted by Crippen LogP contribution is 2.28. The van der Waals surface area contributed by atoms with E-state index in [0.717, 1.165) is 16.9 Å². The van der Waals surface area contributed by atoms with Crippen molar-refractivity contribution in [2.75, 3.05) is 11.9 Å². The maximum Gasteiger partial charge on any atom is 0.573 e. The third-order valence-corrected chi connectivity index (χ3v) is 2.88. The number of ether oxygens (including phenoxy) is 1. The first kappa shape index (κ1) is 14.2. The van der Waals surface area contributed by atoms with Crippen molar-refractivity contribution in [3.05, 3.63) is 54.1 Å². The van der Waals surface area contributed by atoms with Gasteiger partial charge in [-0.25, -0.2) is 0 Å². The van der Waals surface area contributed by atoms with Crippen LogP contribution in [0, 0.1) is 6.92 Å². The molecule has 0 spiro atoms. The predicted octanol–water partition coefficient (Wildman–Crippen LogP) is 4.66. The van der Waals surface area contributed by atoms with Crippen LogP contribution in [0.15, 0.2) is 48.5 Å². The van der Waals surface area contributed by atoms with E-state index >= 15 is 0 Å². The normalized spacial score (nSPS) is 11.2. The van der Waals surface area contributed by atoms with Gasteiger partial charge in [0.15, 0.2) is 0 Å². The summed E-state index contributed by atoms with van der Waals surface area (Å²) in [4.78, 5) is 1.89. The van der Waals surface area contributed by atoms with E-state index in [-0.39, 0.29) is 5.75 Å². The molecule has 0 bridgehead atoms. The van der Waals surface area contributed by atoms with Crippen molar-refractivity contribution in [2.45, 2.75) is 13.3 Å². The summed E-state index contributed by atoms with van der Waals surface area (Å²) in [6.45, 7) is 1.99. The fourth-order valence-electron chi connectivity index (χ4n) is 1.79. The third kappa shape index (κ3) is 3.66. The highest BCUT2D eigenvalue weighted by Gasteiger charge is 2.30. The van der Waals surface area contributed by atoms with Crippen molar-refractivity contribution >= 4 is 11.4 Å². The first-order valence-corrected chi connectivity index (χ1v) is 6.01. The summed E-state index contributed by atoms with van der Waals surface area (Å²) in [6.07, 6.45) is -4.66. The van der Waals surface area contributed by atoms with E-state index in [2.05, 4.69) is 4.74 Å². The molecular formula is C15H14F3NO. The minimum Gasteiger partial charge on any atom is -0.406 e. The van der Waals surface area contributed by atoms with E-state index in [4.69, 9.17) is 0 Å². The molecule has 0 saturated heterocycles. The van der Waals surface area contributed by atoms with Crippen molar-refractivity contribution in [3.63, 3.8) is 0 Å². The van der Waals surface area contributed by atoms with E-state index in [1.165, 1.54) is 12.1 Å². The van der Waals surface area contributed by atoms with Gasteiger partial charge in [-0.2, -0.15) is 0 Å². The Balaban J connectivity index is 2.15. The number of benzene rings is 2. The Kier molecular flexibility index (Phi) is 3.88. The fraction of sp³-hybridized carbons (Fsp3) is 0.200. The van der Waals surface area contributed by atoms with Crippen LogP contribution in [-0.2, 0) is 0 Å². The monoisotopic (exact) mass is 281 g/mol. The molecule has 0 heterocycles. The van der Waals surface area contributed by atoms with Crippen LogP contribution in [0.3, 0.4) is 0 Å². The molecule has 0 saturated carbocycles. The molecule has 2 aromatic rings. The molecule has 0 fully saturated rings. The van der Waals surface area contributed by atoms with Gasteiger partial charge >= 0.3 is 6.36 Å². The number of anilines is 2. The zero-order chi connectivity index (χ0) is 14.8. The number of nitrogens with zero attached hydrogens (tertiary/aromatic N) is 1. The lowest BCUT2D eigenvalue weighted by Crippen LogP contribution is -2.17. The molecule has 0 unspecified atom stereocenters. The van der Waals surface area contributed by atoms with Gasteiger partial charge in [-0.3, -0.25) is 0 Å². The molecule has 0 aliphatic carbocycles. The van der Waals surface area contributed by atoms with Crippen LogP contribution in [0.5, 0.6) is 5.75 Å². The first-order valence-electron chi connectivity index (χ1n) is 6.01. The van der Waals surface area contributed by atoms with E-state index in [0.29, 0.717) is 0 Å². The van der Waals surface area contributed by atoms with Crippen LogP contribution in [-0.4, -0.2) is 13.4 Å². The number of alkyl halides is 3. The van der Waals surface area contributed by atoms with Gasteiger partial charge in [0, 0.05) is 18.4 Å². The summed E-state index contributed by atoms with van der Waals surface area (Å²) in [5.74, 6) is -0.224. The molecule has 2 aromatic carbocycles. The van der Waals surface area contributed by atoms with Crippen molar-refractivity contribution in [1.29, 1.82) is 0 Å². The molecule has 0 aromatic heterocycles. The Bertz CT molecular complexity index is 561. The van der Waals surface area contributed by atoms with Crippen molar-refractivity contribution in [1.82, 2.24) is 0 Å². The predicted molar refractivity (Wildman–Crippen MR) is 72.4 cm³/mol. The molecular weight excluding hydrogens is 267 g/mol. The number of hydrogen-bond acceptors (Lipinski definition) is 2. The van der Waals surface area contributed by atoms with E-state index < -0.39 is 6.36 Å². The Morgan fingerprint density at radius 2 is 1.30 bits per heavy atom. The lowest BCUT2D eigenvalue weighted by Gasteiger charge is -2.20. The molecule has 2 nitrogen and oxygen atoms in total. The molecule has 0 atom stereocenters. The maximum absolute atomic E-state index is 12.1. The summed E-state index contributed by atoms with van der Waals surface area (Å²) in [5.41, 5.74) is 2.89. The smallest absolute Gasteiger partial charge is 0.406 e. The first-order chi connectivity index (χ1) is 9.35. The Morgan fingerprint density at radius 3 is 1.75 bits per heavy atom. The largest absolute Gasteiger partial charge is 0.573 e. The summed E-state index contributed by atoms with van der Waals surface area (Å²) < 4.78 is 40.1. The van der Waals surface area contributed by atoms with Gasteiger partial charge in [0.25, 0.3) is 0 Å². The molecule has 0 aliphatic heterocycles.